The maximum Gasteiger partial charge on any atom is 0.409 e. The third-order valence-corrected chi connectivity index (χ3v) is 5.12. The van der Waals surface area contributed by atoms with E-state index < -0.39 is 23.7 Å². The highest BCUT2D eigenvalue weighted by Gasteiger charge is 2.52. The Morgan fingerprint density at radius 3 is 2.41 bits per heavy atom. The molecule has 1 saturated heterocycles. The van der Waals surface area contributed by atoms with Crippen molar-refractivity contribution in [2.45, 2.75) is 64.2 Å². The van der Waals surface area contributed by atoms with Gasteiger partial charge in [-0.15, -0.1) is 0 Å². The van der Waals surface area contributed by atoms with Crippen LogP contribution in [0, 0.1) is 0 Å². The van der Waals surface area contributed by atoms with Gasteiger partial charge in [0.1, 0.15) is 0 Å². The fraction of sp³-hybridized carbons (Fsp3) is 0.476. The molecule has 1 aliphatic heterocycles. The van der Waals surface area contributed by atoms with E-state index in [9.17, 15) is 18.0 Å². The summed E-state index contributed by atoms with van der Waals surface area (Å²) in [7, 11) is 0. The molecule has 146 valence electrons. The highest BCUT2D eigenvalue weighted by Crippen LogP contribution is 2.43. The lowest BCUT2D eigenvalue weighted by Gasteiger charge is -2.38. The van der Waals surface area contributed by atoms with Crippen LogP contribution in [0.1, 0.15) is 57.2 Å². The molecule has 1 heterocycles. The minimum Gasteiger partial charge on any atom is -0.287 e. The lowest BCUT2D eigenvalue weighted by Crippen LogP contribution is -2.51. The molecule has 0 bridgehead atoms. The number of nitrogens with zero attached hydrogens (tertiary/aromatic N) is 1. The topological polar surface area (TPSA) is 32.3 Å². The Hall–Kier alpha value is -2.08. The second-order valence-electron chi connectivity index (χ2n) is 7.88. The average Bonchev–Trinajstić information content (AvgIpc) is 2.83. The zero-order valence-corrected chi connectivity index (χ0v) is 15.9. The van der Waals surface area contributed by atoms with Gasteiger partial charge in [-0.25, -0.2) is 0 Å². The third-order valence-electron chi connectivity index (χ3n) is 5.12. The Morgan fingerprint density at radius 1 is 1.15 bits per heavy atom. The maximum atomic E-state index is 13.9. The number of unbranched alkanes of at least 4 members (excludes halogenated alkanes) is 1. The number of halogens is 3. The number of fused-ring (bicyclic) bond motifs is 1. The molecule has 27 heavy (non-hydrogen) atoms. The average molecular weight is 378 g/mol. The van der Waals surface area contributed by atoms with Gasteiger partial charge in [-0.05, 0) is 54.7 Å². The maximum absolute atomic E-state index is 13.9. The number of amides is 1. The molecule has 2 aromatic carbocycles. The van der Waals surface area contributed by atoms with Gasteiger partial charge in [0.25, 0.3) is 0 Å². The lowest BCUT2D eigenvalue weighted by atomic mass is 9.95. The number of aryl methyl sites for hydroxylation is 1. The van der Waals surface area contributed by atoms with Crippen LogP contribution in [0.15, 0.2) is 36.4 Å². The number of benzene rings is 2. The third kappa shape index (κ3) is 4.10. The molecule has 0 aromatic heterocycles. The molecule has 0 spiro atoms. The van der Waals surface area contributed by atoms with Gasteiger partial charge in [-0.1, -0.05) is 43.7 Å². The van der Waals surface area contributed by atoms with Crippen LogP contribution in [-0.4, -0.2) is 22.6 Å². The van der Waals surface area contributed by atoms with E-state index >= 15 is 0 Å². The van der Waals surface area contributed by atoms with Crippen LogP contribution >= 0.6 is 0 Å². The molecule has 1 N–H and O–H groups in total. The molecule has 3 rings (SSSR count). The molecule has 0 aliphatic carbocycles. The molecule has 0 radical (unpaired) electrons. The van der Waals surface area contributed by atoms with Crippen LogP contribution in [0.3, 0.4) is 0 Å². The van der Waals surface area contributed by atoms with Gasteiger partial charge in [0.05, 0.1) is 0 Å². The largest absolute Gasteiger partial charge is 0.409 e. The number of hydrogen-bond donors (Lipinski definition) is 1. The smallest absolute Gasteiger partial charge is 0.287 e. The summed E-state index contributed by atoms with van der Waals surface area (Å²) < 4.78 is 41.8. The predicted octanol–water partition coefficient (Wildman–Crippen LogP) is 5.30. The monoisotopic (exact) mass is 378 g/mol. The van der Waals surface area contributed by atoms with Crippen molar-refractivity contribution in [3.63, 3.8) is 0 Å². The number of alkyl halides is 3. The first kappa shape index (κ1) is 19.7. The number of rotatable bonds is 5. The fourth-order valence-corrected chi connectivity index (χ4v) is 3.72. The van der Waals surface area contributed by atoms with Crippen LogP contribution < -0.4 is 5.43 Å². The second-order valence-corrected chi connectivity index (χ2v) is 7.88. The predicted molar refractivity (Wildman–Crippen MR) is 100 cm³/mol. The number of hydrogen-bond acceptors (Lipinski definition) is 2. The van der Waals surface area contributed by atoms with Gasteiger partial charge in [0.2, 0.25) is 5.91 Å². The van der Waals surface area contributed by atoms with E-state index in [1.165, 1.54) is 11.6 Å². The summed E-state index contributed by atoms with van der Waals surface area (Å²) >= 11 is 0. The zero-order chi connectivity index (χ0) is 19.8. The quantitative estimate of drug-likeness (QED) is 0.766. The van der Waals surface area contributed by atoms with Crippen molar-refractivity contribution in [2.75, 3.05) is 0 Å². The first-order valence-corrected chi connectivity index (χ1v) is 9.30. The Balaban J connectivity index is 2.00. The first-order valence-electron chi connectivity index (χ1n) is 9.30. The van der Waals surface area contributed by atoms with Gasteiger partial charge in [-0.3, -0.25) is 10.2 Å². The van der Waals surface area contributed by atoms with Crippen LogP contribution in [0.5, 0.6) is 0 Å². The van der Waals surface area contributed by atoms with E-state index in [1.807, 2.05) is 18.2 Å². The van der Waals surface area contributed by atoms with Gasteiger partial charge in [0, 0.05) is 12.0 Å². The Labute approximate surface area is 157 Å². The van der Waals surface area contributed by atoms with Crippen LogP contribution in [-0.2, 0) is 11.2 Å². The number of carbonyl (C=O) groups excluding carboxylic acids is 1. The molecule has 2 aromatic rings. The van der Waals surface area contributed by atoms with Crippen molar-refractivity contribution < 1.29 is 18.0 Å². The summed E-state index contributed by atoms with van der Waals surface area (Å²) in [4.78, 5) is 11.7. The summed E-state index contributed by atoms with van der Waals surface area (Å²) in [5.74, 6) is -0.393. The molecule has 6 heteroatoms. The van der Waals surface area contributed by atoms with Crippen molar-refractivity contribution in [2.24, 2.45) is 0 Å². The van der Waals surface area contributed by atoms with Crippen LogP contribution in [0.25, 0.3) is 10.8 Å². The highest BCUT2D eigenvalue weighted by molar-refractivity contribution is 5.84. The van der Waals surface area contributed by atoms with Crippen molar-refractivity contribution in [3.8, 4) is 0 Å². The molecular formula is C21H25F3N2O. The molecule has 3 nitrogen and oxygen atoms in total. The summed E-state index contributed by atoms with van der Waals surface area (Å²) in [6.07, 6.45) is -1.32. The molecule has 0 saturated carbocycles. The number of hydrazine groups is 1. The molecular weight excluding hydrogens is 353 g/mol. The van der Waals surface area contributed by atoms with Crippen LogP contribution in [0.2, 0.25) is 0 Å². The normalized spacial score (nSPS) is 18.7. The number of carbonyl (C=O) groups is 1. The van der Waals surface area contributed by atoms with Gasteiger partial charge in [0.15, 0.2) is 6.04 Å². The van der Waals surface area contributed by atoms with E-state index in [4.69, 9.17) is 0 Å². The highest BCUT2D eigenvalue weighted by atomic mass is 19.4. The van der Waals surface area contributed by atoms with Crippen molar-refractivity contribution in [1.29, 1.82) is 0 Å². The molecule has 1 atom stereocenters. The summed E-state index contributed by atoms with van der Waals surface area (Å²) in [5, 5.41) is 2.75. The number of nitrogens with one attached hydrogen (secondary N) is 1. The summed E-state index contributed by atoms with van der Waals surface area (Å²) in [6, 6.07) is 8.85. The minimum atomic E-state index is -4.51. The first-order chi connectivity index (χ1) is 12.6. The van der Waals surface area contributed by atoms with E-state index in [-0.39, 0.29) is 12.0 Å². The zero-order valence-electron chi connectivity index (χ0n) is 15.9. The second kappa shape index (κ2) is 7.15. The van der Waals surface area contributed by atoms with Crippen molar-refractivity contribution in [1.82, 2.24) is 10.4 Å². The van der Waals surface area contributed by atoms with Crippen LogP contribution in [0.4, 0.5) is 13.2 Å². The SMILES string of the molecule is CCCCc1ccc2cc(C(N3NC(=O)CC3(C)C)C(F)(F)F)ccc2c1. The van der Waals surface area contributed by atoms with Gasteiger partial charge >= 0.3 is 6.18 Å². The van der Waals surface area contributed by atoms with Crippen molar-refractivity contribution >= 4 is 16.7 Å². The fourth-order valence-electron chi connectivity index (χ4n) is 3.72. The molecule has 1 unspecified atom stereocenters. The van der Waals surface area contributed by atoms with E-state index in [0.717, 1.165) is 35.0 Å². The van der Waals surface area contributed by atoms with Gasteiger partial charge < -0.3 is 0 Å². The minimum absolute atomic E-state index is 0.0357. The van der Waals surface area contributed by atoms with E-state index in [1.54, 1.807) is 26.0 Å². The van der Waals surface area contributed by atoms with Crippen molar-refractivity contribution in [3.05, 3.63) is 47.5 Å². The lowest BCUT2D eigenvalue weighted by molar-refractivity contribution is -0.203. The Morgan fingerprint density at radius 2 is 1.81 bits per heavy atom. The molecule has 1 amide bonds. The summed E-state index contributed by atoms with van der Waals surface area (Å²) in [6.45, 7) is 5.42. The molecule has 1 aliphatic rings. The van der Waals surface area contributed by atoms with E-state index in [0.29, 0.717) is 0 Å². The Bertz CT molecular complexity index is 845. The van der Waals surface area contributed by atoms with E-state index in [2.05, 4.69) is 12.3 Å². The molecule has 1 fully saturated rings. The Kier molecular flexibility index (Phi) is 5.21. The standard InChI is InChI=1S/C21H25F3N2O/c1-4-5-6-14-7-8-16-12-17(10-9-15(16)11-14)19(21(22,23)24)26-20(2,3)13-18(27)25-26/h7-12,19H,4-6,13H2,1-3H3,(H,25,27). The van der Waals surface area contributed by atoms with Gasteiger partial charge in [-0.2, -0.15) is 18.2 Å². The summed E-state index contributed by atoms with van der Waals surface area (Å²) in [5.41, 5.74) is 2.81.